The van der Waals surface area contributed by atoms with Crippen molar-refractivity contribution in [1.29, 1.82) is 0 Å². The minimum Gasteiger partial charge on any atom is -0.309 e. The number of allylic oxidation sites excluding steroid dienone is 2. The topological polar surface area (TPSA) is 81.4 Å². The van der Waals surface area contributed by atoms with Crippen molar-refractivity contribution in [3.8, 4) is 0 Å². The Bertz CT molecular complexity index is 362. The van der Waals surface area contributed by atoms with E-state index >= 15 is 0 Å². The molecule has 0 saturated heterocycles. The van der Waals surface area contributed by atoms with Crippen molar-refractivity contribution >= 4 is 10.3 Å². The zero-order valence-corrected chi connectivity index (χ0v) is 9.46. The molecule has 15 heavy (non-hydrogen) atoms. The quantitative estimate of drug-likeness (QED) is 0.673. The largest absolute Gasteiger partial charge is 0.337 e. The van der Waals surface area contributed by atoms with Gasteiger partial charge in [0.05, 0.1) is 6.61 Å². The summed E-state index contributed by atoms with van der Waals surface area (Å²) in [6.45, 7) is 1.99. The zero-order valence-electron chi connectivity index (χ0n) is 8.64. The van der Waals surface area contributed by atoms with Gasteiger partial charge in [-0.05, 0) is 12.5 Å². The van der Waals surface area contributed by atoms with Crippen LogP contribution in [-0.4, -0.2) is 20.7 Å². The number of nitrogens with one attached hydrogen (secondary N) is 1. The molecule has 1 aliphatic carbocycles. The molecule has 0 aromatic carbocycles. The van der Waals surface area contributed by atoms with Gasteiger partial charge in [-0.1, -0.05) is 25.2 Å². The van der Waals surface area contributed by atoms with Gasteiger partial charge in [-0.2, -0.15) is 13.1 Å². The fourth-order valence-corrected chi connectivity index (χ4v) is 2.23. The van der Waals surface area contributed by atoms with Crippen LogP contribution in [0.3, 0.4) is 0 Å². The minimum atomic E-state index is -3.76. The fourth-order valence-electron chi connectivity index (χ4n) is 1.17. The van der Waals surface area contributed by atoms with Crippen LogP contribution in [0.15, 0.2) is 24.3 Å². The van der Waals surface area contributed by atoms with Crippen LogP contribution in [0.4, 0.5) is 0 Å². The average Bonchev–Trinajstić information content (AvgIpc) is 2.14. The van der Waals surface area contributed by atoms with Crippen molar-refractivity contribution in [3.05, 3.63) is 24.3 Å². The van der Waals surface area contributed by atoms with E-state index in [0.717, 1.165) is 0 Å². The molecule has 0 spiro atoms. The third-order valence-electron chi connectivity index (χ3n) is 1.85. The number of rotatable bonds is 5. The first kappa shape index (κ1) is 12.4. The molecule has 1 aliphatic rings. The molecule has 0 aliphatic heterocycles. The lowest BCUT2D eigenvalue weighted by Crippen LogP contribution is -2.54. The van der Waals surface area contributed by atoms with Crippen LogP contribution < -0.4 is 10.5 Å². The second-order valence-electron chi connectivity index (χ2n) is 3.41. The van der Waals surface area contributed by atoms with E-state index in [9.17, 15) is 8.42 Å². The lowest BCUT2D eigenvalue weighted by molar-refractivity contribution is 0.300. The molecule has 1 unspecified atom stereocenters. The molecule has 0 saturated carbocycles. The summed E-state index contributed by atoms with van der Waals surface area (Å²) in [5.74, 6) is 0. The fraction of sp³-hybridized carbons (Fsp3) is 0.556. The second kappa shape index (κ2) is 4.89. The van der Waals surface area contributed by atoms with Gasteiger partial charge in [0.1, 0.15) is 5.66 Å². The van der Waals surface area contributed by atoms with Crippen molar-refractivity contribution in [3.63, 3.8) is 0 Å². The van der Waals surface area contributed by atoms with Gasteiger partial charge in [-0.15, -0.1) is 0 Å². The third-order valence-corrected chi connectivity index (χ3v) is 2.96. The van der Waals surface area contributed by atoms with E-state index in [1.54, 1.807) is 18.2 Å². The van der Waals surface area contributed by atoms with Gasteiger partial charge in [-0.25, -0.2) is 0 Å². The molecule has 0 aromatic heterocycles. The van der Waals surface area contributed by atoms with Gasteiger partial charge in [0.15, 0.2) is 0 Å². The van der Waals surface area contributed by atoms with Crippen molar-refractivity contribution in [2.45, 2.75) is 25.4 Å². The summed E-state index contributed by atoms with van der Waals surface area (Å²) in [4.78, 5) is 0. The van der Waals surface area contributed by atoms with Crippen LogP contribution >= 0.6 is 0 Å². The Morgan fingerprint density at radius 2 is 2.27 bits per heavy atom. The summed E-state index contributed by atoms with van der Waals surface area (Å²) in [6, 6.07) is 0. The number of hydrogen-bond donors (Lipinski definition) is 2. The molecule has 0 radical (unpaired) electrons. The second-order valence-corrected chi connectivity index (χ2v) is 4.76. The Kier molecular flexibility index (Phi) is 4.04. The smallest absolute Gasteiger partial charge is 0.309 e. The highest BCUT2D eigenvalue weighted by molar-refractivity contribution is 7.84. The van der Waals surface area contributed by atoms with Crippen LogP contribution in [0.2, 0.25) is 0 Å². The highest BCUT2D eigenvalue weighted by Gasteiger charge is 2.27. The normalized spacial score (nSPS) is 25.7. The van der Waals surface area contributed by atoms with Gasteiger partial charge >= 0.3 is 10.3 Å². The molecule has 0 fully saturated rings. The first-order valence-electron chi connectivity index (χ1n) is 4.79. The van der Waals surface area contributed by atoms with Gasteiger partial charge in [0.2, 0.25) is 0 Å². The van der Waals surface area contributed by atoms with E-state index in [0.29, 0.717) is 12.8 Å². The molecular formula is C9H16N2O3S. The maximum absolute atomic E-state index is 11.4. The highest BCUT2D eigenvalue weighted by Crippen LogP contribution is 2.12. The average molecular weight is 232 g/mol. The molecule has 0 bridgehead atoms. The number of hydrogen-bond acceptors (Lipinski definition) is 4. The lowest BCUT2D eigenvalue weighted by atomic mass is 10.0. The molecule has 1 atom stereocenters. The van der Waals surface area contributed by atoms with Gasteiger partial charge in [0.25, 0.3) is 0 Å². The molecule has 0 aromatic rings. The molecule has 3 N–H and O–H groups in total. The predicted octanol–water partition coefficient (Wildman–Crippen LogP) is 0.418. The number of nitrogens with two attached hydrogens (primary N) is 1. The zero-order chi connectivity index (χ0) is 11.4. The minimum absolute atomic E-state index is 0.158. The Balaban J connectivity index is 2.60. The van der Waals surface area contributed by atoms with Crippen LogP contribution in [0, 0.1) is 0 Å². The summed E-state index contributed by atoms with van der Waals surface area (Å²) < 4.78 is 29.7. The molecule has 86 valence electrons. The van der Waals surface area contributed by atoms with Gasteiger partial charge in [0, 0.05) is 6.42 Å². The monoisotopic (exact) mass is 232 g/mol. The molecular weight excluding hydrogens is 216 g/mol. The first-order chi connectivity index (χ1) is 6.97. The Morgan fingerprint density at radius 1 is 1.53 bits per heavy atom. The van der Waals surface area contributed by atoms with E-state index in [2.05, 4.69) is 8.91 Å². The summed E-state index contributed by atoms with van der Waals surface area (Å²) in [5, 5.41) is 0. The van der Waals surface area contributed by atoms with E-state index < -0.39 is 16.0 Å². The Hall–Kier alpha value is -0.690. The third kappa shape index (κ3) is 4.13. The summed E-state index contributed by atoms with van der Waals surface area (Å²) in [5.41, 5.74) is 4.74. The van der Waals surface area contributed by atoms with Gasteiger partial charge in [-0.3, -0.25) is 4.18 Å². The molecule has 6 heteroatoms. The van der Waals surface area contributed by atoms with E-state index in [1.165, 1.54) is 0 Å². The van der Waals surface area contributed by atoms with Crippen LogP contribution in [0.25, 0.3) is 0 Å². The van der Waals surface area contributed by atoms with E-state index in [4.69, 9.17) is 5.73 Å². The Morgan fingerprint density at radius 3 is 2.80 bits per heavy atom. The summed E-state index contributed by atoms with van der Waals surface area (Å²) >= 11 is 0. The summed E-state index contributed by atoms with van der Waals surface area (Å²) in [7, 11) is -3.76. The van der Waals surface area contributed by atoms with E-state index in [1.807, 2.05) is 13.0 Å². The van der Waals surface area contributed by atoms with Crippen molar-refractivity contribution in [2.75, 3.05) is 6.61 Å². The van der Waals surface area contributed by atoms with Crippen molar-refractivity contribution in [2.24, 2.45) is 5.73 Å². The summed E-state index contributed by atoms with van der Waals surface area (Å²) in [6.07, 6.45) is 7.95. The van der Waals surface area contributed by atoms with E-state index in [-0.39, 0.29) is 6.61 Å². The predicted molar refractivity (Wildman–Crippen MR) is 58.1 cm³/mol. The molecule has 5 nitrogen and oxygen atoms in total. The lowest BCUT2D eigenvalue weighted by Gasteiger charge is -2.26. The molecule has 0 heterocycles. The van der Waals surface area contributed by atoms with Crippen LogP contribution in [-0.2, 0) is 14.5 Å². The van der Waals surface area contributed by atoms with Gasteiger partial charge < -0.3 is 5.73 Å². The first-order valence-corrected chi connectivity index (χ1v) is 6.20. The highest BCUT2D eigenvalue weighted by atomic mass is 32.2. The van der Waals surface area contributed by atoms with Crippen LogP contribution in [0.5, 0.6) is 0 Å². The van der Waals surface area contributed by atoms with Crippen LogP contribution in [0.1, 0.15) is 19.8 Å². The maximum Gasteiger partial charge on any atom is 0.337 e. The molecule has 0 amide bonds. The van der Waals surface area contributed by atoms with Crippen molar-refractivity contribution in [1.82, 2.24) is 4.72 Å². The SMILES string of the molecule is CCCOS(=O)(=O)NC1(N)C=CC=CC1. The Labute approximate surface area is 90.2 Å². The maximum atomic E-state index is 11.4. The van der Waals surface area contributed by atoms with Crippen molar-refractivity contribution < 1.29 is 12.6 Å². The standard InChI is InChI=1S/C9H16N2O3S/c1-2-8-14-15(12,13)11-9(10)6-4-3-5-7-9/h3-6,11H,2,7-8,10H2,1H3. The molecule has 1 rings (SSSR count).